The summed E-state index contributed by atoms with van der Waals surface area (Å²) in [6.45, 7) is 5.48. The van der Waals surface area contributed by atoms with Gasteiger partial charge in [-0.3, -0.25) is 4.68 Å². The van der Waals surface area contributed by atoms with E-state index in [1.54, 1.807) is 16.9 Å². The Morgan fingerprint density at radius 2 is 2.11 bits per heavy atom. The van der Waals surface area contributed by atoms with Crippen LogP contribution in [0.25, 0.3) is 0 Å². The minimum atomic E-state index is 0.240. The quantitative estimate of drug-likeness (QED) is 0.516. The Morgan fingerprint density at radius 1 is 1.32 bits per heavy atom. The standard InChI is InChI=1S/C11H18N8/c1-8(2)11-15-9(7-10(16-11)17-12)13-3-5-19-6-4-14-18-19/h4,6-8H,3,5,12H2,1-2H3,(H2,13,15,16,17). The number of hydrogen-bond donors (Lipinski definition) is 3. The molecule has 4 N–H and O–H groups in total. The lowest BCUT2D eigenvalue weighted by Gasteiger charge is -2.11. The maximum absolute atomic E-state index is 5.40. The molecule has 2 aromatic rings. The van der Waals surface area contributed by atoms with Crippen LogP contribution in [0, 0.1) is 0 Å². The van der Waals surface area contributed by atoms with E-state index < -0.39 is 0 Å². The van der Waals surface area contributed by atoms with Crippen LogP contribution in [0.3, 0.4) is 0 Å². The number of aromatic nitrogens is 5. The molecule has 0 saturated heterocycles. The SMILES string of the molecule is CC(C)c1nc(NN)cc(NCCn2ccnn2)n1. The first kappa shape index (κ1) is 13.2. The molecule has 0 spiro atoms. The van der Waals surface area contributed by atoms with Crippen LogP contribution < -0.4 is 16.6 Å². The molecular weight excluding hydrogens is 244 g/mol. The van der Waals surface area contributed by atoms with Gasteiger partial charge in [0.25, 0.3) is 0 Å². The fraction of sp³-hybridized carbons (Fsp3) is 0.455. The van der Waals surface area contributed by atoms with Gasteiger partial charge in [-0.2, -0.15) is 0 Å². The Bertz CT molecular complexity index is 507. The molecule has 0 aliphatic rings. The van der Waals surface area contributed by atoms with Crippen LogP contribution in [0.5, 0.6) is 0 Å². The van der Waals surface area contributed by atoms with E-state index in [-0.39, 0.29) is 5.92 Å². The zero-order valence-corrected chi connectivity index (χ0v) is 11.0. The van der Waals surface area contributed by atoms with E-state index in [0.29, 0.717) is 18.9 Å². The Kier molecular flexibility index (Phi) is 4.24. The van der Waals surface area contributed by atoms with Gasteiger partial charge in [0.05, 0.1) is 12.7 Å². The highest BCUT2D eigenvalue weighted by Gasteiger charge is 2.07. The number of hydrogen-bond acceptors (Lipinski definition) is 7. The predicted octanol–water partition coefficient (Wildman–Crippen LogP) is 0.589. The molecule has 0 aliphatic carbocycles. The smallest absolute Gasteiger partial charge is 0.145 e. The third kappa shape index (κ3) is 3.62. The van der Waals surface area contributed by atoms with Gasteiger partial charge in [0.15, 0.2) is 0 Å². The van der Waals surface area contributed by atoms with Crippen LogP contribution >= 0.6 is 0 Å². The van der Waals surface area contributed by atoms with Crippen LogP contribution in [-0.4, -0.2) is 31.5 Å². The summed E-state index contributed by atoms with van der Waals surface area (Å²) in [5, 5.41) is 10.9. The number of nitrogens with two attached hydrogens (primary N) is 1. The van der Waals surface area contributed by atoms with E-state index in [0.717, 1.165) is 11.6 Å². The topological polar surface area (TPSA) is 107 Å². The number of hydrazine groups is 1. The molecule has 0 aromatic carbocycles. The molecule has 0 amide bonds. The Morgan fingerprint density at radius 3 is 2.74 bits per heavy atom. The molecule has 0 saturated carbocycles. The van der Waals surface area contributed by atoms with E-state index in [4.69, 9.17) is 5.84 Å². The van der Waals surface area contributed by atoms with Crippen LogP contribution in [0.4, 0.5) is 11.6 Å². The van der Waals surface area contributed by atoms with Crippen molar-refractivity contribution in [3.63, 3.8) is 0 Å². The second kappa shape index (κ2) is 6.10. The van der Waals surface area contributed by atoms with Crippen molar-refractivity contribution in [3.05, 3.63) is 24.3 Å². The maximum Gasteiger partial charge on any atom is 0.145 e. The van der Waals surface area contributed by atoms with Crippen LogP contribution in [0.1, 0.15) is 25.6 Å². The van der Waals surface area contributed by atoms with Crippen molar-refractivity contribution in [2.75, 3.05) is 17.3 Å². The van der Waals surface area contributed by atoms with E-state index in [9.17, 15) is 0 Å². The summed E-state index contributed by atoms with van der Waals surface area (Å²) >= 11 is 0. The molecule has 2 rings (SSSR count). The first-order valence-corrected chi connectivity index (χ1v) is 6.12. The Labute approximate surface area is 111 Å². The van der Waals surface area contributed by atoms with Gasteiger partial charge < -0.3 is 10.7 Å². The zero-order chi connectivity index (χ0) is 13.7. The normalized spacial score (nSPS) is 10.7. The first-order valence-electron chi connectivity index (χ1n) is 6.12. The lowest BCUT2D eigenvalue weighted by Crippen LogP contribution is -2.15. The molecule has 2 heterocycles. The van der Waals surface area contributed by atoms with E-state index in [1.165, 1.54) is 0 Å². The summed E-state index contributed by atoms with van der Waals surface area (Å²) in [6.07, 6.45) is 3.46. The minimum absolute atomic E-state index is 0.240. The number of rotatable bonds is 6. The van der Waals surface area contributed by atoms with E-state index >= 15 is 0 Å². The van der Waals surface area contributed by atoms with Gasteiger partial charge in [0.2, 0.25) is 0 Å². The van der Waals surface area contributed by atoms with Gasteiger partial charge in [-0.25, -0.2) is 15.8 Å². The number of nitrogens with zero attached hydrogens (tertiary/aromatic N) is 5. The fourth-order valence-corrected chi connectivity index (χ4v) is 1.54. The maximum atomic E-state index is 5.40. The summed E-state index contributed by atoms with van der Waals surface area (Å²) in [7, 11) is 0. The minimum Gasteiger partial charge on any atom is -0.368 e. The third-order valence-corrected chi connectivity index (χ3v) is 2.53. The largest absolute Gasteiger partial charge is 0.368 e. The van der Waals surface area contributed by atoms with Gasteiger partial charge in [-0.05, 0) is 0 Å². The molecule has 0 bridgehead atoms. The van der Waals surface area contributed by atoms with Gasteiger partial charge >= 0.3 is 0 Å². The van der Waals surface area contributed by atoms with Crippen molar-refractivity contribution >= 4 is 11.6 Å². The summed E-state index contributed by atoms with van der Waals surface area (Å²) in [4.78, 5) is 8.73. The summed E-state index contributed by atoms with van der Waals surface area (Å²) in [5.41, 5.74) is 2.55. The summed E-state index contributed by atoms with van der Waals surface area (Å²) in [6, 6.07) is 1.77. The zero-order valence-electron chi connectivity index (χ0n) is 11.0. The molecule has 8 heteroatoms. The van der Waals surface area contributed by atoms with Crippen molar-refractivity contribution < 1.29 is 0 Å². The van der Waals surface area contributed by atoms with Gasteiger partial charge in [0.1, 0.15) is 17.5 Å². The van der Waals surface area contributed by atoms with Gasteiger partial charge in [-0.1, -0.05) is 19.1 Å². The molecule has 19 heavy (non-hydrogen) atoms. The second-order valence-corrected chi connectivity index (χ2v) is 4.39. The molecule has 2 aromatic heterocycles. The molecule has 8 nitrogen and oxygen atoms in total. The molecule has 102 valence electrons. The summed E-state index contributed by atoms with van der Waals surface area (Å²) < 4.78 is 1.75. The van der Waals surface area contributed by atoms with Crippen molar-refractivity contribution in [1.29, 1.82) is 0 Å². The molecular formula is C11H18N8. The lowest BCUT2D eigenvalue weighted by molar-refractivity contribution is 0.608. The van der Waals surface area contributed by atoms with Crippen molar-refractivity contribution in [1.82, 2.24) is 25.0 Å². The highest BCUT2D eigenvalue weighted by molar-refractivity contribution is 5.47. The molecule has 0 atom stereocenters. The van der Waals surface area contributed by atoms with Crippen molar-refractivity contribution in [2.45, 2.75) is 26.3 Å². The Balaban J connectivity index is 2.00. The molecule has 0 unspecified atom stereocenters. The number of anilines is 2. The average molecular weight is 262 g/mol. The monoisotopic (exact) mass is 262 g/mol. The van der Waals surface area contributed by atoms with Crippen molar-refractivity contribution in [2.24, 2.45) is 5.84 Å². The van der Waals surface area contributed by atoms with Crippen LogP contribution in [0.2, 0.25) is 0 Å². The first-order chi connectivity index (χ1) is 9.19. The van der Waals surface area contributed by atoms with Crippen molar-refractivity contribution in [3.8, 4) is 0 Å². The van der Waals surface area contributed by atoms with Crippen LogP contribution in [0.15, 0.2) is 18.5 Å². The van der Waals surface area contributed by atoms with E-state index in [2.05, 4.69) is 31.0 Å². The van der Waals surface area contributed by atoms with Crippen LogP contribution in [-0.2, 0) is 6.54 Å². The second-order valence-electron chi connectivity index (χ2n) is 4.39. The molecule has 0 fully saturated rings. The Hall–Kier alpha value is -2.22. The number of nitrogens with one attached hydrogen (secondary N) is 2. The number of nitrogen functional groups attached to an aromatic ring is 1. The third-order valence-electron chi connectivity index (χ3n) is 2.53. The predicted molar refractivity (Wildman–Crippen MR) is 72.4 cm³/mol. The highest BCUT2D eigenvalue weighted by Crippen LogP contribution is 2.16. The fourth-order valence-electron chi connectivity index (χ4n) is 1.54. The molecule has 0 aliphatic heterocycles. The molecule has 0 radical (unpaired) electrons. The highest BCUT2D eigenvalue weighted by atomic mass is 15.4. The van der Waals surface area contributed by atoms with E-state index in [1.807, 2.05) is 20.0 Å². The van der Waals surface area contributed by atoms with Gasteiger partial charge in [0, 0.05) is 24.7 Å². The van der Waals surface area contributed by atoms with Gasteiger partial charge in [-0.15, -0.1) is 5.10 Å². The average Bonchev–Trinajstić information content (AvgIpc) is 2.91. The summed E-state index contributed by atoms with van der Waals surface area (Å²) in [5.74, 6) is 7.73. The lowest BCUT2D eigenvalue weighted by atomic mass is 10.2.